The number of ketones is 1. The molecule has 1 unspecified atom stereocenters. The van der Waals surface area contributed by atoms with Crippen molar-refractivity contribution in [3.8, 4) is 16.9 Å². The zero-order valence-electron chi connectivity index (χ0n) is 11.4. The highest BCUT2D eigenvalue weighted by atomic mass is 16.5. The Morgan fingerprint density at radius 2 is 1.65 bits per heavy atom. The number of rotatable bonds is 3. The van der Waals surface area contributed by atoms with E-state index in [1.165, 1.54) is 0 Å². The molecule has 1 saturated carbocycles. The molecular weight excluding hydrogens is 248 g/mol. The van der Waals surface area contributed by atoms with Crippen LogP contribution in [0.2, 0.25) is 0 Å². The summed E-state index contributed by atoms with van der Waals surface area (Å²) in [6.07, 6.45) is 3.29. The summed E-state index contributed by atoms with van der Waals surface area (Å²) in [5.41, 5.74) is 2.16. The summed E-state index contributed by atoms with van der Waals surface area (Å²) in [7, 11) is 0. The molecule has 0 saturated heterocycles. The van der Waals surface area contributed by atoms with E-state index in [0.29, 0.717) is 6.42 Å². The molecule has 1 atom stereocenters. The average molecular weight is 266 g/mol. The van der Waals surface area contributed by atoms with Crippen LogP contribution in [0.15, 0.2) is 54.6 Å². The van der Waals surface area contributed by atoms with E-state index in [-0.39, 0.29) is 11.9 Å². The lowest BCUT2D eigenvalue weighted by atomic mass is 9.96. The zero-order chi connectivity index (χ0) is 13.8. The Kier molecular flexibility index (Phi) is 3.82. The first-order valence-corrected chi connectivity index (χ1v) is 7.18. The topological polar surface area (TPSA) is 26.3 Å². The van der Waals surface area contributed by atoms with Gasteiger partial charge in [-0.15, -0.1) is 0 Å². The van der Waals surface area contributed by atoms with Crippen LogP contribution in [-0.4, -0.2) is 11.9 Å². The van der Waals surface area contributed by atoms with Crippen LogP contribution in [0.1, 0.15) is 25.7 Å². The van der Waals surface area contributed by atoms with Crippen LogP contribution in [0, 0.1) is 0 Å². The minimum Gasteiger partial charge on any atom is -0.482 e. The fourth-order valence-corrected chi connectivity index (χ4v) is 2.65. The van der Waals surface area contributed by atoms with E-state index in [1.54, 1.807) is 0 Å². The molecule has 1 fully saturated rings. The van der Waals surface area contributed by atoms with Crippen LogP contribution >= 0.6 is 0 Å². The Hall–Kier alpha value is -2.09. The van der Waals surface area contributed by atoms with Gasteiger partial charge in [0.1, 0.15) is 5.75 Å². The molecule has 1 aliphatic rings. The molecule has 2 nitrogen and oxygen atoms in total. The van der Waals surface area contributed by atoms with Crippen molar-refractivity contribution in [3.63, 3.8) is 0 Å². The lowest BCUT2D eigenvalue weighted by Crippen LogP contribution is -2.30. The first kappa shape index (κ1) is 12.9. The minimum atomic E-state index is -0.270. The number of hydrogen-bond acceptors (Lipinski definition) is 2. The molecule has 0 N–H and O–H groups in total. The molecule has 0 aromatic heterocycles. The van der Waals surface area contributed by atoms with E-state index >= 15 is 0 Å². The predicted octanol–water partition coefficient (Wildman–Crippen LogP) is 4.24. The van der Waals surface area contributed by atoms with Crippen LogP contribution in [0.5, 0.6) is 5.75 Å². The van der Waals surface area contributed by atoms with Crippen molar-refractivity contribution in [1.29, 1.82) is 0 Å². The molecule has 1 aliphatic carbocycles. The van der Waals surface area contributed by atoms with Gasteiger partial charge in [0.25, 0.3) is 0 Å². The lowest BCUT2D eigenvalue weighted by molar-refractivity contribution is -0.127. The van der Waals surface area contributed by atoms with Crippen LogP contribution in [0.4, 0.5) is 0 Å². The van der Waals surface area contributed by atoms with E-state index < -0.39 is 0 Å². The van der Waals surface area contributed by atoms with E-state index in [2.05, 4.69) is 12.1 Å². The summed E-state index contributed by atoms with van der Waals surface area (Å²) in [6.45, 7) is 0. The molecular formula is C18H18O2. The van der Waals surface area contributed by atoms with Crippen molar-refractivity contribution < 1.29 is 9.53 Å². The number of para-hydroxylation sites is 1. The third-order valence-electron chi connectivity index (χ3n) is 3.74. The molecule has 0 heterocycles. The Morgan fingerprint density at radius 1 is 0.900 bits per heavy atom. The Bertz CT molecular complexity index is 589. The first-order chi connectivity index (χ1) is 9.84. The third kappa shape index (κ3) is 2.74. The lowest BCUT2D eigenvalue weighted by Gasteiger charge is -2.23. The number of carbonyl (C=O) groups excluding carboxylic acids is 1. The van der Waals surface area contributed by atoms with Gasteiger partial charge in [0, 0.05) is 12.0 Å². The molecule has 2 heteroatoms. The summed E-state index contributed by atoms with van der Waals surface area (Å²) in [6, 6.07) is 18.1. The molecule has 102 valence electrons. The zero-order valence-corrected chi connectivity index (χ0v) is 11.4. The molecule has 0 radical (unpaired) electrons. The van der Waals surface area contributed by atoms with Crippen LogP contribution in [0.25, 0.3) is 11.1 Å². The van der Waals surface area contributed by atoms with Gasteiger partial charge in [-0.05, 0) is 30.9 Å². The summed E-state index contributed by atoms with van der Waals surface area (Å²) in [5.74, 6) is 1.04. The summed E-state index contributed by atoms with van der Waals surface area (Å²) >= 11 is 0. The fourth-order valence-electron chi connectivity index (χ4n) is 2.65. The summed E-state index contributed by atoms with van der Waals surface area (Å²) < 4.78 is 6.00. The normalized spacial score (nSPS) is 18.8. The largest absolute Gasteiger partial charge is 0.482 e. The van der Waals surface area contributed by atoms with Gasteiger partial charge in [-0.25, -0.2) is 0 Å². The monoisotopic (exact) mass is 266 g/mol. The molecule has 0 bridgehead atoms. The SMILES string of the molecule is O=C1CCCCC1Oc1ccccc1-c1ccccc1. The third-order valence-corrected chi connectivity index (χ3v) is 3.74. The van der Waals surface area contributed by atoms with Crippen molar-refractivity contribution in [3.05, 3.63) is 54.6 Å². The van der Waals surface area contributed by atoms with Gasteiger partial charge < -0.3 is 4.74 Å². The molecule has 0 amide bonds. The Morgan fingerprint density at radius 3 is 2.45 bits per heavy atom. The minimum absolute atomic E-state index is 0.235. The van der Waals surface area contributed by atoms with E-state index in [0.717, 1.165) is 36.1 Å². The van der Waals surface area contributed by atoms with Gasteiger partial charge in [-0.2, -0.15) is 0 Å². The average Bonchev–Trinajstić information content (AvgIpc) is 2.51. The number of Topliss-reactive ketones (excluding diaryl/α,β-unsaturated/α-hetero) is 1. The molecule has 20 heavy (non-hydrogen) atoms. The smallest absolute Gasteiger partial charge is 0.173 e. The highest BCUT2D eigenvalue weighted by Crippen LogP contribution is 2.31. The fraction of sp³-hybridized carbons (Fsp3) is 0.278. The molecule has 3 rings (SSSR count). The number of ether oxygens (including phenoxy) is 1. The highest BCUT2D eigenvalue weighted by Gasteiger charge is 2.24. The van der Waals surface area contributed by atoms with Gasteiger partial charge in [0.15, 0.2) is 11.9 Å². The van der Waals surface area contributed by atoms with Gasteiger partial charge in [0.2, 0.25) is 0 Å². The van der Waals surface area contributed by atoms with Gasteiger partial charge in [-0.1, -0.05) is 48.5 Å². The molecule has 2 aromatic carbocycles. The maximum absolute atomic E-state index is 11.9. The van der Waals surface area contributed by atoms with Crippen LogP contribution < -0.4 is 4.74 Å². The predicted molar refractivity (Wildman–Crippen MR) is 79.8 cm³/mol. The second-order valence-corrected chi connectivity index (χ2v) is 5.18. The van der Waals surface area contributed by atoms with Crippen molar-refractivity contribution in [2.24, 2.45) is 0 Å². The van der Waals surface area contributed by atoms with E-state index in [1.807, 2.05) is 42.5 Å². The second kappa shape index (κ2) is 5.91. The first-order valence-electron chi connectivity index (χ1n) is 7.18. The summed E-state index contributed by atoms with van der Waals surface area (Å²) in [4.78, 5) is 11.9. The van der Waals surface area contributed by atoms with Crippen LogP contribution in [-0.2, 0) is 4.79 Å². The van der Waals surface area contributed by atoms with Crippen molar-refractivity contribution >= 4 is 5.78 Å². The maximum atomic E-state index is 11.9. The molecule has 0 aliphatic heterocycles. The molecule has 2 aromatic rings. The number of carbonyl (C=O) groups is 1. The highest BCUT2D eigenvalue weighted by molar-refractivity contribution is 5.84. The van der Waals surface area contributed by atoms with Gasteiger partial charge in [-0.3, -0.25) is 4.79 Å². The number of benzene rings is 2. The van der Waals surface area contributed by atoms with Crippen molar-refractivity contribution in [2.75, 3.05) is 0 Å². The second-order valence-electron chi connectivity index (χ2n) is 5.18. The Balaban J connectivity index is 1.88. The maximum Gasteiger partial charge on any atom is 0.173 e. The van der Waals surface area contributed by atoms with Gasteiger partial charge >= 0.3 is 0 Å². The quantitative estimate of drug-likeness (QED) is 0.830. The molecule has 0 spiro atoms. The standard InChI is InChI=1S/C18H18O2/c19-16-11-5-7-13-18(16)20-17-12-6-4-10-15(17)14-8-2-1-3-9-14/h1-4,6,8-10,12,18H,5,7,11,13H2. The van der Waals surface area contributed by atoms with E-state index in [9.17, 15) is 4.79 Å². The summed E-state index contributed by atoms with van der Waals surface area (Å²) in [5, 5.41) is 0. The van der Waals surface area contributed by atoms with E-state index in [4.69, 9.17) is 4.74 Å². The van der Waals surface area contributed by atoms with Gasteiger partial charge in [0.05, 0.1) is 0 Å². The Labute approximate surface area is 119 Å². The van der Waals surface area contributed by atoms with Crippen molar-refractivity contribution in [1.82, 2.24) is 0 Å². The van der Waals surface area contributed by atoms with Crippen molar-refractivity contribution in [2.45, 2.75) is 31.8 Å². The number of hydrogen-bond donors (Lipinski definition) is 0. The van der Waals surface area contributed by atoms with Crippen LogP contribution in [0.3, 0.4) is 0 Å².